The van der Waals surface area contributed by atoms with Gasteiger partial charge in [-0.1, -0.05) is 12.1 Å². The van der Waals surface area contributed by atoms with Crippen molar-refractivity contribution in [1.29, 1.82) is 5.26 Å². The van der Waals surface area contributed by atoms with Gasteiger partial charge in [0.1, 0.15) is 35.2 Å². The number of benzene rings is 1. The van der Waals surface area contributed by atoms with Gasteiger partial charge in [0.15, 0.2) is 17.3 Å². The van der Waals surface area contributed by atoms with Gasteiger partial charge in [0, 0.05) is 50.8 Å². The standard InChI is InChI=1S/C31H29N13/c1-42-19-36-41-31(42)25-9-8-24-30(39-25)44(29(38-24)23-3-2-13-35-28(23)33)22-6-4-20(5-7-22)18-43-15-11-21(12-16-43)37-26-10-14-34-27(17-32)40-26/h2-10,13-14,19,21H,11-12,15-16,18H2,1H3,(H2,33,35)(H,34,37,40). The summed E-state index contributed by atoms with van der Waals surface area (Å²) in [6.07, 6.45) is 6.91. The highest BCUT2D eigenvalue weighted by Gasteiger charge is 2.21. The van der Waals surface area contributed by atoms with Gasteiger partial charge in [-0.05, 0) is 60.9 Å². The lowest BCUT2D eigenvalue weighted by Gasteiger charge is -2.32. The molecule has 6 aromatic rings. The monoisotopic (exact) mass is 583 g/mol. The van der Waals surface area contributed by atoms with Crippen molar-refractivity contribution in [2.24, 2.45) is 7.05 Å². The van der Waals surface area contributed by atoms with E-state index in [2.05, 4.69) is 59.6 Å². The van der Waals surface area contributed by atoms with E-state index in [1.165, 1.54) is 5.56 Å². The Morgan fingerprint density at radius 3 is 2.55 bits per heavy atom. The Balaban J connectivity index is 1.13. The molecular formula is C31H29N13. The number of pyridine rings is 2. The molecule has 0 unspecified atom stereocenters. The molecule has 0 saturated carbocycles. The molecule has 5 aromatic heterocycles. The molecule has 3 N–H and O–H groups in total. The molecular weight excluding hydrogens is 554 g/mol. The maximum Gasteiger partial charge on any atom is 0.234 e. The summed E-state index contributed by atoms with van der Waals surface area (Å²) in [5.74, 6) is 2.61. The molecule has 1 fully saturated rings. The van der Waals surface area contributed by atoms with Gasteiger partial charge in [-0.15, -0.1) is 10.2 Å². The van der Waals surface area contributed by atoms with Gasteiger partial charge >= 0.3 is 0 Å². The van der Waals surface area contributed by atoms with Crippen LogP contribution in [0, 0.1) is 11.3 Å². The number of nitrogens with two attached hydrogens (primary N) is 1. The maximum atomic E-state index is 9.06. The fourth-order valence-electron chi connectivity index (χ4n) is 5.57. The number of hydrogen-bond donors (Lipinski definition) is 2. The molecule has 1 aliphatic heterocycles. The summed E-state index contributed by atoms with van der Waals surface area (Å²) < 4.78 is 3.86. The second-order valence-electron chi connectivity index (χ2n) is 10.8. The second-order valence-corrected chi connectivity index (χ2v) is 10.8. The number of nitrogen functional groups attached to an aromatic ring is 1. The van der Waals surface area contributed by atoms with Gasteiger partial charge in [0.05, 0.1) is 5.56 Å². The van der Waals surface area contributed by atoms with Crippen molar-refractivity contribution in [3.8, 4) is 34.7 Å². The zero-order chi connectivity index (χ0) is 30.0. The summed E-state index contributed by atoms with van der Waals surface area (Å²) in [5, 5.41) is 20.8. The second kappa shape index (κ2) is 11.5. The third-order valence-corrected chi connectivity index (χ3v) is 7.82. The van der Waals surface area contributed by atoms with E-state index in [0.29, 0.717) is 40.7 Å². The van der Waals surface area contributed by atoms with E-state index in [9.17, 15) is 0 Å². The smallest absolute Gasteiger partial charge is 0.234 e. The number of nitriles is 1. The minimum absolute atomic E-state index is 0.178. The molecule has 0 atom stereocenters. The first-order chi connectivity index (χ1) is 21.6. The van der Waals surface area contributed by atoms with Crippen LogP contribution < -0.4 is 11.1 Å². The molecule has 1 aromatic carbocycles. The van der Waals surface area contributed by atoms with Crippen molar-refractivity contribution in [1.82, 2.24) is 49.2 Å². The van der Waals surface area contributed by atoms with E-state index in [1.54, 1.807) is 24.8 Å². The van der Waals surface area contributed by atoms with Crippen LogP contribution in [0.25, 0.3) is 39.8 Å². The summed E-state index contributed by atoms with van der Waals surface area (Å²) in [4.78, 5) is 24.8. The summed E-state index contributed by atoms with van der Waals surface area (Å²) in [5.41, 5.74) is 11.3. The molecule has 13 heteroatoms. The number of imidazole rings is 1. The predicted molar refractivity (Wildman–Crippen MR) is 165 cm³/mol. The summed E-state index contributed by atoms with van der Waals surface area (Å²) >= 11 is 0. The quantitative estimate of drug-likeness (QED) is 0.282. The van der Waals surface area contributed by atoms with E-state index in [-0.39, 0.29) is 5.82 Å². The maximum absolute atomic E-state index is 9.06. The van der Waals surface area contributed by atoms with Gasteiger partial charge in [-0.3, -0.25) is 9.47 Å². The van der Waals surface area contributed by atoms with E-state index in [1.807, 2.05) is 46.5 Å². The molecule has 218 valence electrons. The molecule has 1 aliphatic rings. The third kappa shape index (κ3) is 5.30. The van der Waals surface area contributed by atoms with Crippen LogP contribution in [0.15, 0.2) is 73.3 Å². The van der Waals surface area contributed by atoms with Crippen LogP contribution >= 0.6 is 0 Å². The van der Waals surface area contributed by atoms with Crippen LogP contribution in [0.4, 0.5) is 11.6 Å². The lowest BCUT2D eigenvalue weighted by Crippen LogP contribution is -2.38. The topological polar surface area (TPSA) is 165 Å². The Labute approximate surface area is 253 Å². The molecule has 0 spiro atoms. The lowest BCUT2D eigenvalue weighted by molar-refractivity contribution is 0.211. The van der Waals surface area contributed by atoms with Crippen molar-refractivity contribution < 1.29 is 0 Å². The number of nitrogens with zero attached hydrogens (tertiary/aromatic N) is 11. The Hall–Kier alpha value is -5.74. The first-order valence-corrected chi connectivity index (χ1v) is 14.3. The molecule has 0 amide bonds. The number of nitrogens with one attached hydrogen (secondary N) is 1. The summed E-state index contributed by atoms with van der Waals surface area (Å²) in [6, 6.07) is 20.2. The SMILES string of the molecule is Cn1cnnc1-c1ccc2nc(-c3cccnc3N)n(-c3ccc(CN4CCC(Nc5ccnc(C#N)n5)CC4)cc3)c2n1. The van der Waals surface area contributed by atoms with Crippen molar-refractivity contribution in [3.63, 3.8) is 0 Å². The minimum Gasteiger partial charge on any atom is -0.383 e. The van der Waals surface area contributed by atoms with Crippen LogP contribution in [0.1, 0.15) is 24.2 Å². The number of aryl methyl sites for hydroxylation is 1. The first kappa shape index (κ1) is 27.1. The average Bonchev–Trinajstić information content (AvgIpc) is 3.65. The van der Waals surface area contributed by atoms with Crippen molar-refractivity contribution in [3.05, 3.63) is 84.7 Å². The van der Waals surface area contributed by atoms with E-state index < -0.39 is 0 Å². The Bertz CT molecular complexity index is 1980. The third-order valence-electron chi connectivity index (χ3n) is 7.82. The fourth-order valence-corrected chi connectivity index (χ4v) is 5.57. The average molecular weight is 584 g/mol. The van der Waals surface area contributed by atoms with Crippen molar-refractivity contribution in [2.75, 3.05) is 24.1 Å². The predicted octanol–water partition coefficient (Wildman–Crippen LogP) is 3.60. The molecule has 7 rings (SSSR count). The number of aromatic nitrogens is 9. The minimum atomic E-state index is 0.178. The summed E-state index contributed by atoms with van der Waals surface area (Å²) in [7, 11) is 1.89. The molecule has 0 bridgehead atoms. The summed E-state index contributed by atoms with van der Waals surface area (Å²) in [6.45, 7) is 2.77. The van der Waals surface area contributed by atoms with E-state index >= 15 is 0 Å². The van der Waals surface area contributed by atoms with Crippen LogP contribution in [-0.4, -0.2) is 68.3 Å². The highest BCUT2D eigenvalue weighted by Crippen LogP contribution is 2.31. The van der Waals surface area contributed by atoms with E-state index in [0.717, 1.165) is 49.2 Å². The zero-order valence-electron chi connectivity index (χ0n) is 24.0. The molecule has 0 radical (unpaired) electrons. The fraction of sp³-hybridized carbons (Fsp3) is 0.226. The number of fused-ring (bicyclic) bond motifs is 1. The number of rotatable bonds is 7. The van der Waals surface area contributed by atoms with Gasteiger partial charge < -0.3 is 15.6 Å². The number of likely N-dealkylation sites (tertiary alicyclic amines) is 1. The highest BCUT2D eigenvalue weighted by atomic mass is 15.3. The van der Waals surface area contributed by atoms with Gasteiger partial charge in [-0.2, -0.15) is 5.26 Å². The Morgan fingerprint density at radius 2 is 1.80 bits per heavy atom. The van der Waals surface area contributed by atoms with Crippen molar-refractivity contribution >= 4 is 22.8 Å². The molecule has 0 aliphatic carbocycles. The number of hydrogen-bond acceptors (Lipinski definition) is 11. The Morgan fingerprint density at radius 1 is 0.955 bits per heavy atom. The normalized spacial score (nSPS) is 14.1. The molecule has 1 saturated heterocycles. The largest absolute Gasteiger partial charge is 0.383 e. The van der Waals surface area contributed by atoms with Gasteiger partial charge in [-0.25, -0.2) is 24.9 Å². The van der Waals surface area contributed by atoms with Crippen molar-refractivity contribution in [2.45, 2.75) is 25.4 Å². The Kier molecular flexibility index (Phi) is 7.09. The number of anilines is 2. The van der Waals surface area contributed by atoms with E-state index in [4.69, 9.17) is 21.0 Å². The first-order valence-electron chi connectivity index (χ1n) is 14.3. The van der Waals surface area contributed by atoms with Crippen LogP contribution in [0.2, 0.25) is 0 Å². The van der Waals surface area contributed by atoms with Crippen LogP contribution in [0.5, 0.6) is 0 Å². The molecule has 13 nitrogen and oxygen atoms in total. The van der Waals surface area contributed by atoms with Gasteiger partial charge in [0.25, 0.3) is 0 Å². The zero-order valence-corrected chi connectivity index (χ0v) is 24.0. The number of piperidine rings is 1. The van der Waals surface area contributed by atoms with Crippen LogP contribution in [0.3, 0.4) is 0 Å². The molecule has 6 heterocycles. The van der Waals surface area contributed by atoms with Crippen LogP contribution in [-0.2, 0) is 13.6 Å². The van der Waals surface area contributed by atoms with Gasteiger partial charge in [0.2, 0.25) is 5.82 Å². The molecule has 44 heavy (non-hydrogen) atoms. The lowest BCUT2D eigenvalue weighted by atomic mass is 10.0. The highest BCUT2D eigenvalue weighted by molar-refractivity contribution is 5.84.